The van der Waals surface area contributed by atoms with Crippen LogP contribution >= 0.6 is 27.3 Å². The highest BCUT2D eigenvalue weighted by Crippen LogP contribution is 2.25. The Kier molecular flexibility index (Phi) is 4.86. The van der Waals surface area contributed by atoms with Gasteiger partial charge in [-0.15, -0.1) is 11.3 Å². The summed E-state index contributed by atoms with van der Waals surface area (Å²) in [5.74, 6) is 0. The highest BCUT2D eigenvalue weighted by Gasteiger charge is 2.28. The third-order valence-corrected chi connectivity index (χ3v) is 5.21. The minimum absolute atomic E-state index is 0.332. The molecule has 1 aromatic rings. The number of thiophene rings is 1. The maximum absolute atomic E-state index is 3.69. The van der Waals surface area contributed by atoms with Crippen LogP contribution in [0.1, 0.15) is 32.1 Å². The van der Waals surface area contributed by atoms with Crippen molar-refractivity contribution in [1.82, 2.24) is 10.2 Å². The van der Waals surface area contributed by atoms with E-state index in [0.29, 0.717) is 11.5 Å². The molecule has 1 atom stereocenters. The van der Waals surface area contributed by atoms with Crippen LogP contribution in [-0.4, -0.2) is 30.6 Å². The monoisotopic (exact) mass is 330 g/mol. The fourth-order valence-electron chi connectivity index (χ4n) is 2.37. The van der Waals surface area contributed by atoms with Crippen molar-refractivity contribution in [2.45, 2.75) is 39.8 Å². The molecule has 0 spiro atoms. The number of nitrogens with one attached hydrogen (secondary N) is 1. The zero-order chi connectivity index (χ0) is 13.2. The second-order valence-corrected chi connectivity index (χ2v) is 8.10. The highest BCUT2D eigenvalue weighted by molar-refractivity contribution is 9.10. The zero-order valence-corrected chi connectivity index (χ0v) is 13.9. The summed E-state index contributed by atoms with van der Waals surface area (Å²) in [7, 11) is 0. The lowest BCUT2D eigenvalue weighted by atomic mass is 9.86. The summed E-state index contributed by atoms with van der Waals surface area (Å²) < 4.78 is 1.21. The van der Waals surface area contributed by atoms with Gasteiger partial charge in [0.2, 0.25) is 0 Å². The van der Waals surface area contributed by atoms with E-state index in [0.717, 1.165) is 19.6 Å². The van der Waals surface area contributed by atoms with Gasteiger partial charge in [0.1, 0.15) is 0 Å². The summed E-state index contributed by atoms with van der Waals surface area (Å²) in [5.41, 5.74) is 0.332. The zero-order valence-electron chi connectivity index (χ0n) is 11.5. The van der Waals surface area contributed by atoms with Crippen LogP contribution in [-0.2, 0) is 6.54 Å². The van der Waals surface area contributed by atoms with Gasteiger partial charge in [-0.1, -0.05) is 20.8 Å². The lowest BCUT2D eigenvalue weighted by Crippen LogP contribution is -2.46. The van der Waals surface area contributed by atoms with E-state index in [1.54, 1.807) is 0 Å². The van der Waals surface area contributed by atoms with Crippen LogP contribution in [0.3, 0.4) is 0 Å². The van der Waals surface area contributed by atoms with Crippen LogP contribution in [0, 0.1) is 5.41 Å². The first-order chi connectivity index (χ1) is 8.45. The molecule has 1 N–H and O–H groups in total. The quantitative estimate of drug-likeness (QED) is 0.888. The van der Waals surface area contributed by atoms with Crippen molar-refractivity contribution in [3.05, 3.63) is 20.8 Å². The summed E-state index contributed by atoms with van der Waals surface area (Å²) in [5, 5.41) is 5.87. The SMILES string of the molecule is CC(C)(C)C1CN(Cc2cc(Br)cs2)CCCN1. The van der Waals surface area contributed by atoms with Crippen LogP contribution in [0.4, 0.5) is 0 Å². The van der Waals surface area contributed by atoms with Gasteiger partial charge in [-0.3, -0.25) is 4.90 Å². The van der Waals surface area contributed by atoms with Gasteiger partial charge in [-0.05, 0) is 46.9 Å². The molecule has 0 aromatic carbocycles. The molecule has 18 heavy (non-hydrogen) atoms. The Morgan fingerprint density at radius 3 is 2.89 bits per heavy atom. The molecular formula is C14H23BrN2S. The van der Waals surface area contributed by atoms with Crippen molar-refractivity contribution in [2.75, 3.05) is 19.6 Å². The van der Waals surface area contributed by atoms with E-state index in [9.17, 15) is 0 Å². The molecule has 1 unspecified atom stereocenters. The van der Waals surface area contributed by atoms with Crippen LogP contribution in [0.2, 0.25) is 0 Å². The molecule has 0 amide bonds. The van der Waals surface area contributed by atoms with Gasteiger partial charge in [0.25, 0.3) is 0 Å². The Bertz CT molecular complexity index is 383. The van der Waals surface area contributed by atoms with Crippen LogP contribution in [0.25, 0.3) is 0 Å². The third kappa shape index (κ3) is 4.05. The first-order valence-corrected chi connectivity index (χ1v) is 8.31. The maximum atomic E-state index is 3.69. The Balaban J connectivity index is 1.99. The molecule has 0 saturated carbocycles. The molecule has 2 nitrogen and oxygen atoms in total. The summed E-state index contributed by atoms with van der Waals surface area (Å²) in [6, 6.07) is 2.83. The fraction of sp³-hybridized carbons (Fsp3) is 0.714. The number of hydrogen-bond acceptors (Lipinski definition) is 3. The Morgan fingerprint density at radius 2 is 2.28 bits per heavy atom. The Labute approximate surface area is 123 Å². The first kappa shape index (κ1) is 14.5. The fourth-order valence-corrected chi connectivity index (χ4v) is 3.87. The molecule has 0 bridgehead atoms. The van der Waals surface area contributed by atoms with Crippen LogP contribution in [0.15, 0.2) is 15.9 Å². The van der Waals surface area contributed by atoms with Crippen molar-refractivity contribution in [3.63, 3.8) is 0 Å². The van der Waals surface area contributed by atoms with Gasteiger partial charge in [0.15, 0.2) is 0 Å². The highest BCUT2D eigenvalue weighted by atomic mass is 79.9. The molecule has 1 saturated heterocycles. The largest absolute Gasteiger partial charge is 0.312 e. The number of hydrogen-bond donors (Lipinski definition) is 1. The van der Waals surface area contributed by atoms with Gasteiger partial charge >= 0.3 is 0 Å². The average Bonchev–Trinajstić information content (AvgIpc) is 2.53. The first-order valence-electron chi connectivity index (χ1n) is 6.64. The second kappa shape index (κ2) is 6.04. The van der Waals surface area contributed by atoms with Crippen LogP contribution in [0.5, 0.6) is 0 Å². The predicted octanol–water partition coefficient (Wildman–Crippen LogP) is 3.72. The van der Waals surface area contributed by atoms with Gasteiger partial charge < -0.3 is 5.32 Å². The second-order valence-electron chi connectivity index (χ2n) is 6.19. The van der Waals surface area contributed by atoms with E-state index in [1.165, 1.54) is 22.3 Å². The molecule has 4 heteroatoms. The Morgan fingerprint density at radius 1 is 1.50 bits per heavy atom. The van der Waals surface area contributed by atoms with Gasteiger partial charge in [0, 0.05) is 33.9 Å². The van der Waals surface area contributed by atoms with Crippen molar-refractivity contribution in [1.29, 1.82) is 0 Å². The minimum Gasteiger partial charge on any atom is -0.312 e. The van der Waals surface area contributed by atoms with Gasteiger partial charge in [0.05, 0.1) is 0 Å². The molecule has 1 aromatic heterocycles. The number of nitrogens with zero attached hydrogens (tertiary/aromatic N) is 1. The van der Waals surface area contributed by atoms with Crippen molar-refractivity contribution in [3.8, 4) is 0 Å². The van der Waals surface area contributed by atoms with E-state index in [4.69, 9.17) is 0 Å². The molecule has 1 aliphatic rings. The normalized spacial score (nSPS) is 23.0. The molecule has 102 valence electrons. The predicted molar refractivity (Wildman–Crippen MR) is 83.2 cm³/mol. The molecule has 0 aliphatic carbocycles. The summed E-state index contributed by atoms with van der Waals surface area (Å²) in [4.78, 5) is 4.05. The van der Waals surface area contributed by atoms with E-state index >= 15 is 0 Å². The van der Waals surface area contributed by atoms with E-state index in [1.807, 2.05) is 11.3 Å². The topological polar surface area (TPSA) is 15.3 Å². The van der Waals surface area contributed by atoms with Crippen LogP contribution < -0.4 is 5.32 Å². The maximum Gasteiger partial charge on any atom is 0.0328 e. The lowest BCUT2D eigenvalue weighted by Gasteiger charge is -2.33. The molecule has 2 heterocycles. The van der Waals surface area contributed by atoms with E-state index in [2.05, 4.69) is 58.4 Å². The van der Waals surface area contributed by atoms with Gasteiger partial charge in [-0.25, -0.2) is 0 Å². The molecular weight excluding hydrogens is 308 g/mol. The van der Waals surface area contributed by atoms with Gasteiger partial charge in [-0.2, -0.15) is 0 Å². The van der Waals surface area contributed by atoms with Crippen molar-refractivity contribution >= 4 is 27.3 Å². The average molecular weight is 331 g/mol. The lowest BCUT2D eigenvalue weighted by molar-refractivity contribution is 0.193. The number of halogens is 1. The Hall–Kier alpha value is 0.1000. The molecule has 1 fully saturated rings. The summed E-state index contributed by atoms with van der Waals surface area (Å²) >= 11 is 5.39. The molecule has 1 aliphatic heterocycles. The minimum atomic E-state index is 0.332. The summed E-state index contributed by atoms with van der Waals surface area (Å²) in [6.45, 7) is 11.6. The molecule has 2 rings (SSSR count). The van der Waals surface area contributed by atoms with Crippen molar-refractivity contribution < 1.29 is 0 Å². The van der Waals surface area contributed by atoms with Crippen molar-refractivity contribution in [2.24, 2.45) is 5.41 Å². The standard InChI is InChI=1S/C14H23BrN2S/c1-14(2,3)13-9-17(6-4-5-16-13)8-12-7-11(15)10-18-12/h7,10,13,16H,4-6,8-9H2,1-3H3. The third-order valence-electron chi connectivity index (χ3n) is 3.53. The smallest absolute Gasteiger partial charge is 0.0328 e. The van der Waals surface area contributed by atoms with E-state index < -0.39 is 0 Å². The molecule has 0 radical (unpaired) electrons. The van der Waals surface area contributed by atoms with E-state index in [-0.39, 0.29) is 0 Å². The summed E-state index contributed by atoms with van der Waals surface area (Å²) in [6.07, 6.45) is 1.25. The number of rotatable bonds is 2.